The summed E-state index contributed by atoms with van der Waals surface area (Å²) < 4.78 is 14.1. The number of nitrogens with zero attached hydrogens (tertiary/aromatic N) is 3. The van der Waals surface area contributed by atoms with Crippen LogP contribution in [0.15, 0.2) is 65.3 Å². The van der Waals surface area contributed by atoms with Gasteiger partial charge in [0, 0.05) is 35.5 Å². The number of amides is 2. The van der Waals surface area contributed by atoms with Crippen LogP contribution in [0.25, 0.3) is 0 Å². The average molecular weight is 585 g/mol. The number of ether oxygens (including phenoxy) is 2. The molecule has 0 aliphatic rings. The molecule has 0 bridgehead atoms. The third-order valence-corrected chi connectivity index (χ3v) is 7.04. The molecule has 0 spiro atoms. The van der Waals surface area contributed by atoms with Gasteiger partial charge in [-0.05, 0) is 62.2 Å². The molecule has 2 amide bonds. The van der Waals surface area contributed by atoms with Crippen LogP contribution in [0.1, 0.15) is 55.2 Å². The molecule has 1 heterocycles. The van der Waals surface area contributed by atoms with Gasteiger partial charge in [0.2, 0.25) is 5.91 Å². The van der Waals surface area contributed by atoms with Gasteiger partial charge in [-0.15, -0.1) is 0 Å². The van der Waals surface area contributed by atoms with E-state index in [-0.39, 0.29) is 24.4 Å². The van der Waals surface area contributed by atoms with Crippen molar-refractivity contribution in [2.24, 2.45) is 0 Å². The van der Waals surface area contributed by atoms with Crippen molar-refractivity contribution in [2.75, 3.05) is 27.3 Å². The normalized spacial score (nSPS) is 10.9. The standard InChI is InChI=1S/C30H38BrN3O4/c1-6-7-17-33(20-25-10-9-18-32(25)19-23-13-15-24(31)16-14-23)28(35)21-34(22(2)3)30(36)29-26(37-4)11-8-12-27(29)38-5/h8-16,18,22H,6-7,17,19-21H2,1-5H3. The number of halogens is 1. The number of unbranched alkanes of at least 4 members (excludes halogenated alkanes) is 1. The van der Waals surface area contributed by atoms with Crippen molar-refractivity contribution in [1.29, 1.82) is 0 Å². The molecule has 3 rings (SSSR count). The Bertz CT molecular complexity index is 1180. The van der Waals surface area contributed by atoms with E-state index in [4.69, 9.17) is 9.47 Å². The molecule has 8 heteroatoms. The van der Waals surface area contributed by atoms with Crippen LogP contribution in [0.5, 0.6) is 11.5 Å². The number of rotatable bonds is 13. The maximum atomic E-state index is 13.7. The monoisotopic (exact) mass is 583 g/mol. The molecular formula is C30H38BrN3O4. The Hall–Kier alpha value is -3.26. The van der Waals surface area contributed by atoms with Crippen LogP contribution < -0.4 is 9.47 Å². The quantitative estimate of drug-likeness (QED) is 0.248. The fraction of sp³-hybridized carbons (Fsp3) is 0.400. The second-order valence-electron chi connectivity index (χ2n) is 9.49. The summed E-state index contributed by atoms with van der Waals surface area (Å²) >= 11 is 3.49. The van der Waals surface area contributed by atoms with E-state index in [2.05, 4.69) is 45.6 Å². The fourth-order valence-electron chi connectivity index (χ4n) is 4.31. The Morgan fingerprint density at radius 1 is 0.974 bits per heavy atom. The molecule has 0 fully saturated rings. The van der Waals surface area contributed by atoms with Gasteiger partial charge in [-0.3, -0.25) is 9.59 Å². The molecule has 0 saturated heterocycles. The van der Waals surface area contributed by atoms with Crippen molar-refractivity contribution in [2.45, 2.75) is 52.7 Å². The zero-order valence-electron chi connectivity index (χ0n) is 22.9. The second-order valence-corrected chi connectivity index (χ2v) is 10.4. The smallest absolute Gasteiger partial charge is 0.262 e. The zero-order valence-corrected chi connectivity index (χ0v) is 24.5. The number of methoxy groups -OCH3 is 2. The molecule has 0 saturated carbocycles. The zero-order chi connectivity index (χ0) is 27.7. The molecule has 38 heavy (non-hydrogen) atoms. The van der Waals surface area contributed by atoms with Crippen LogP contribution in [0.3, 0.4) is 0 Å². The van der Waals surface area contributed by atoms with E-state index in [1.165, 1.54) is 19.8 Å². The fourth-order valence-corrected chi connectivity index (χ4v) is 4.57. The third-order valence-electron chi connectivity index (χ3n) is 6.51. The molecule has 0 radical (unpaired) electrons. The van der Waals surface area contributed by atoms with Gasteiger partial charge in [0.15, 0.2) is 0 Å². The van der Waals surface area contributed by atoms with Crippen molar-refractivity contribution in [3.05, 3.63) is 82.1 Å². The lowest BCUT2D eigenvalue weighted by Gasteiger charge is -2.31. The summed E-state index contributed by atoms with van der Waals surface area (Å²) in [6.07, 6.45) is 3.89. The summed E-state index contributed by atoms with van der Waals surface area (Å²) in [6.45, 7) is 7.71. The molecular weight excluding hydrogens is 546 g/mol. The topological polar surface area (TPSA) is 64.0 Å². The van der Waals surface area contributed by atoms with Crippen molar-refractivity contribution in [1.82, 2.24) is 14.4 Å². The summed E-state index contributed by atoms with van der Waals surface area (Å²) in [5, 5.41) is 0. The highest BCUT2D eigenvalue weighted by molar-refractivity contribution is 9.10. The molecule has 3 aromatic rings. The molecule has 0 atom stereocenters. The maximum Gasteiger partial charge on any atom is 0.262 e. The van der Waals surface area contributed by atoms with Crippen molar-refractivity contribution in [3.8, 4) is 11.5 Å². The lowest BCUT2D eigenvalue weighted by Crippen LogP contribution is -2.46. The van der Waals surface area contributed by atoms with Gasteiger partial charge in [-0.1, -0.05) is 47.5 Å². The number of carbonyl (C=O) groups excluding carboxylic acids is 2. The molecule has 2 aromatic carbocycles. The summed E-state index contributed by atoms with van der Waals surface area (Å²) in [6, 6.07) is 17.3. The van der Waals surface area contributed by atoms with E-state index in [1.54, 1.807) is 23.1 Å². The van der Waals surface area contributed by atoms with Crippen molar-refractivity contribution >= 4 is 27.7 Å². The minimum Gasteiger partial charge on any atom is -0.496 e. The molecule has 1 aromatic heterocycles. The SMILES string of the molecule is CCCCN(Cc1cccn1Cc1ccc(Br)cc1)C(=O)CN(C(=O)c1c(OC)cccc1OC)C(C)C. The Morgan fingerprint density at radius 2 is 1.63 bits per heavy atom. The molecule has 7 nitrogen and oxygen atoms in total. The van der Waals surface area contributed by atoms with Crippen LogP contribution in [-0.2, 0) is 17.9 Å². The minimum atomic E-state index is -0.295. The van der Waals surface area contributed by atoms with Crippen LogP contribution in [0.4, 0.5) is 0 Å². The first-order valence-electron chi connectivity index (χ1n) is 13.0. The predicted octanol–water partition coefficient (Wildman–Crippen LogP) is 6.00. The molecule has 0 aliphatic carbocycles. The Balaban J connectivity index is 1.82. The lowest BCUT2D eigenvalue weighted by molar-refractivity contribution is -0.133. The molecule has 0 unspecified atom stereocenters. The highest BCUT2D eigenvalue weighted by Gasteiger charge is 2.29. The van der Waals surface area contributed by atoms with Gasteiger partial charge >= 0.3 is 0 Å². The Kier molecular flexibility index (Phi) is 10.8. The third kappa shape index (κ3) is 7.40. The van der Waals surface area contributed by atoms with Gasteiger partial charge in [-0.25, -0.2) is 0 Å². The molecule has 0 aliphatic heterocycles. The average Bonchev–Trinajstić information content (AvgIpc) is 3.35. The molecule has 0 N–H and O–H groups in total. The van der Waals surface area contributed by atoms with E-state index in [0.29, 0.717) is 30.2 Å². The van der Waals surface area contributed by atoms with Crippen molar-refractivity contribution < 1.29 is 19.1 Å². The van der Waals surface area contributed by atoms with E-state index in [0.717, 1.165) is 29.6 Å². The number of carbonyl (C=O) groups is 2. The van der Waals surface area contributed by atoms with E-state index in [1.807, 2.05) is 43.1 Å². The highest BCUT2D eigenvalue weighted by Crippen LogP contribution is 2.30. The van der Waals surface area contributed by atoms with Gasteiger partial charge < -0.3 is 23.8 Å². The van der Waals surface area contributed by atoms with Crippen LogP contribution >= 0.6 is 15.9 Å². The number of benzene rings is 2. The Labute approximate surface area is 234 Å². The van der Waals surface area contributed by atoms with E-state index >= 15 is 0 Å². The van der Waals surface area contributed by atoms with Gasteiger partial charge in [0.1, 0.15) is 23.6 Å². The summed E-state index contributed by atoms with van der Waals surface area (Å²) in [5.41, 5.74) is 2.55. The van der Waals surface area contributed by atoms with Crippen LogP contribution in [0.2, 0.25) is 0 Å². The largest absolute Gasteiger partial charge is 0.496 e. The Morgan fingerprint density at radius 3 is 2.21 bits per heavy atom. The predicted molar refractivity (Wildman–Crippen MR) is 154 cm³/mol. The first-order valence-corrected chi connectivity index (χ1v) is 13.8. The first-order chi connectivity index (χ1) is 18.3. The van der Waals surface area contributed by atoms with Crippen LogP contribution in [0, 0.1) is 0 Å². The lowest BCUT2D eigenvalue weighted by atomic mass is 10.1. The molecule has 204 valence electrons. The number of hydrogen-bond donors (Lipinski definition) is 0. The van der Waals surface area contributed by atoms with Gasteiger partial charge in [0.05, 0.1) is 20.8 Å². The maximum absolute atomic E-state index is 13.7. The summed E-state index contributed by atoms with van der Waals surface area (Å²) in [7, 11) is 3.04. The second kappa shape index (κ2) is 14.0. The number of aromatic nitrogens is 1. The van der Waals surface area contributed by atoms with Crippen molar-refractivity contribution in [3.63, 3.8) is 0 Å². The summed E-state index contributed by atoms with van der Waals surface area (Å²) in [4.78, 5) is 30.8. The van der Waals surface area contributed by atoms with Crippen LogP contribution in [-0.4, -0.2) is 59.5 Å². The highest BCUT2D eigenvalue weighted by atomic mass is 79.9. The van der Waals surface area contributed by atoms with Gasteiger partial charge in [-0.2, -0.15) is 0 Å². The van der Waals surface area contributed by atoms with Gasteiger partial charge in [0.25, 0.3) is 5.91 Å². The summed E-state index contributed by atoms with van der Waals surface area (Å²) in [5.74, 6) is 0.449. The van der Waals surface area contributed by atoms with E-state index < -0.39 is 0 Å². The van der Waals surface area contributed by atoms with E-state index in [9.17, 15) is 9.59 Å². The minimum absolute atomic E-state index is 0.0329. The first kappa shape index (κ1) is 29.3. The number of hydrogen-bond acceptors (Lipinski definition) is 4.